The van der Waals surface area contributed by atoms with Crippen LogP contribution in [0, 0.1) is 13.8 Å². The zero-order valence-corrected chi connectivity index (χ0v) is 15.3. The summed E-state index contributed by atoms with van der Waals surface area (Å²) >= 11 is 0. The summed E-state index contributed by atoms with van der Waals surface area (Å²) in [5.74, 6) is 0. The first-order valence-corrected chi connectivity index (χ1v) is 9.82. The second kappa shape index (κ2) is 8.04. The maximum atomic E-state index is 13.2. The van der Waals surface area contributed by atoms with Crippen LogP contribution in [0.1, 0.15) is 75.3 Å². The van der Waals surface area contributed by atoms with Crippen LogP contribution in [0.3, 0.4) is 0 Å². The molecule has 0 spiro atoms. The van der Waals surface area contributed by atoms with E-state index in [1.54, 1.807) is 0 Å². The van der Waals surface area contributed by atoms with Gasteiger partial charge < -0.3 is 10.2 Å². The number of carbonyl (C=O) groups excluding carboxylic acids is 1. The van der Waals surface area contributed by atoms with Crippen LogP contribution in [0.4, 0.5) is 10.5 Å². The molecule has 2 saturated carbocycles. The van der Waals surface area contributed by atoms with Crippen LogP contribution in [0.25, 0.3) is 0 Å². The van der Waals surface area contributed by atoms with Crippen LogP contribution in [0.15, 0.2) is 18.2 Å². The largest absolute Gasteiger partial charge is 0.322 e. The lowest BCUT2D eigenvalue weighted by atomic mass is 9.89. The molecule has 132 valence electrons. The molecule has 1 aromatic rings. The summed E-state index contributed by atoms with van der Waals surface area (Å²) in [7, 11) is 0. The van der Waals surface area contributed by atoms with E-state index in [-0.39, 0.29) is 6.03 Å². The molecule has 1 N–H and O–H groups in total. The third kappa shape index (κ3) is 4.12. The Hall–Kier alpha value is -1.51. The first-order valence-electron chi connectivity index (χ1n) is 9.82. The van der Waals surface area contributed by atoms with Crippen molar-refractivity contribution in [2.75, 3.05) is 5.32 Å². The highest BCUT2D eigenvalue weighted by molar-refractivity contribution is 5.90. The molecule has 24 heavy (non-hydrogen) atoms. The van der Waals surface area contributed by atoms with Crippen molar-refractivity contribution in [3.05, 3.63) is 29.3 Å². The minimum atomic E-state index is 0.126. The number of aryl methyl sites for hydroxylation is 2. The number of amides is 2. The molecule has 1 aromatic carbocycles. The van der Waals surface area contributed by atoms with Gasteiger partial charge in [-0.15, -0.1) is 0 Å². The monoisotopic (exact) mass is 328 g/mol. The van der Waals surface area contributed by atoms with E-state index >= 15 is 0 Å². The van der Waals surface area contributed by atoms with Crippen molar-refractivity contribution in [2.45, 2.75) is 90.1 Å². The number of benzene rings is 1. The average Bonchev–Trinajstić information content (AvgIpc) is 2.60. The summed E-state index contributed by atoms with van der Waals surface area (Å²) in [6.45, 7) is 4.17. The molecule has 0 aliphatic heterocycles. The number of urea groups is 1. The Balaban J connectivity index is 1.76. The Bertz CT molecular complexity index is 539. The maximum Gasteiger partial charge on any atom is 0.322 e. The minimum Gasteiger partial charge on any atom is -0.319 e. The van der Waals surface area contributed by atoms with E-state index in [1.807, 2.05) is 6.07 Å². The van der Waals surface area contributed by atoms with Crippen LogP contribution >= 0.6 is 0 Å². The van der Waals surface area contributed by atoms with E-state index < -0.39 is 0 Å². The Morgan fingerprint density at radius 3 is 1.96 bits per heavy atom. The molecular formula is C21H32N2O. The van der Waals surface area contributed by atoms with Gasteiger partial charge >= 0.3 is 6.03 Å². The van der Waals surface area contributed by atoms with Gasteiger partial charge in [0, 0.05) is 17.8 Å². The molecule has 2 fully saturated rings. The second-order valence-corrected chi connectivity index (χ2v) is 7.74. The molecular weight excluding hydrogens is 296 g/mol. The zero-order valence-electron chi connectivity index (χ0n) is 15.3. The van der Waals surface area contributed by atoms with E-state index in [4.69, 9.17) is 0 Å². The Morgan fingerprint density at radius 1 is 0.917 bits per heavy atom. The highest BCUT2D eigenvalue weighted by atomic mass is 16.2. The Kier molecular flexibility index (Phi) is 5.80. The third-order valence-electron chi connectivity index (χ3n) is 5.79. The van der Waals surface area contributed by atoms with E-state index in [0.29, 0.717) is 12.1 Å². The number of nitrogens with zero attached hydrogens (tertiary/aromatic N) is 1. The summed E-state index contributed by atoms with van der Waals surface area (Å²) in [5.41, 5.74) is 3.35. The van der Waals surface area contributed by atoms with Gasteiger partial charge in [-0.05, 0) is 51.2 Å². The fourth-order valence-corrected chi connectivity index (χ4v) is 4.48. The van der Waals surface area contributed by atoms with Crippen LogP contribution in [-0.4, -0.2) is 23.0 Å². The van der Waals surface area contributed by atoms with Gasteiger partial charge in [0.1, 0.15) is 0 Å². The number of nitrogens with one attached hydrogen (secondary N) is 1. The lowest BCUT2D eigenvalue weighted by molar-refractivity contribution is 0.114. The van der Waals surface area contributed by atoms with Crippen LogP contribution in [0.5, 0.6) is 0 Å². The predicted molar refractivity (Wildman–Crippen MR) is 101 cm³/mol. The molecule has 3 heteroatoms. The van der Waals surface area contributed by atoms with E-state index in [9.17, 15) is 4.79 Å². The number of carbonyl (C=O) groups is 1. The molecule has 3 nitrogen and oxygen atoms in total. The first kappa shape index (κ1) is 17.3. The van der Waals surface area contributed by atoms with E-state index in [1.165, 1.54) is 69.8 Å². The minimum absolute atomic E-state index is 0.126. The van der Waals surface area contributed by atoms with Gasteiger partial charge in [-0.25, -0.2) is 4.79 Å². The van der Waals surface area contributed by atoms with Crippen LogP contribution < -0.4 is 5.32 Å². The first-order chi connectivity index (χ1) is 11.6. The quantitative estimate of drug-likeness (QED) is 0.747. The molecule has 0 radical (unpaired) electrons. The van der Waals surface area contributed by atoms with Crippen LogP contribution in [-0.2, 0) is 0 Å². The molecule has 0 saturated heterocycles. The lowest BCUT2D eigenvalue weighted by Crippen LogP contribution is -2.50. The molecule has 0 unspecified atom stereocenters. The molecule has 2 amide bonds. The van der Waals surface area contributed by atoms with Gasteiger partial charge in [-0.2, -0.15) is 0 Å². The fourth-order valence-electron chi connectivity index (χ4n) is 4.48. The van der Waals surface area contributed by atoms with Crippen molar-refractivity contribution in [1.29, 1.82) is 0 Å². The van der Waals surface area contributed by atoms with Crippen molar-refractivity contribution in [3.63, 3.8) is 0 Å². The predicted octanol–water partition coefficient (Wildman–Crippen LogP) is 5.80. The summed E-state index contributed by atoms with van der Waals surface area (Å²) in [6.07, 6.45) is 12.4. The summed E-state index contributed by atoms with van der Waals surface area (Å²) in [4.78, 5) is 15.4. The zero-order chi connectivity index (χ0) is 16.9. The Labute approximate surface area is 146 Å². The summed E-state index contributed by atoms with van der Waals surface area (Å²) < 4.78 is 0. The highest BCUT2D eigenvalue weighted by Crippen LogP contribution is 2.31. The maximum absolute atomic E-state index is 13.2. The van der Waals surface area contributed by atoms with Gasteiger partial charge in [0.25, 0.3) is 0 Å². The number of hydrogen-bond acceptors (Lipinski definition) is 1. The SMILES string of the molecule is Cc1ccc(NC(=O)N(C2CCCCC2)C2CCCCC2)c(C)c1. The van der Waals surface area contributed by atoms with E-state index in [0.717, 1.165) is 11.3 Å². The normalized spacial score (nSPS) is 19.9. The average molecular weight is 329 g/mol. The molecule has 3 rings (SSSR count). The highest BCUT2D eigenvalue weighted by Gasteiger charge is 2.32. The number of hydrogen-bond donors (Lipinski definition) is 1. The topological polar surface area (TPSA) is 32.3 Å². The molecule has 0 aromatic heterocycles. The van der Waals surface area contributed by atoms with Crippen molar-refractivity contribution in [3.8, 4) is 0 Å². The second-order valence-electron chi connectivity index (χ2n) is 7.74. The van der Waals surface area contributed by atoms with Gasteiger partial charge in [-0.1, -0.05) is 56.2 Å². The van der Waals surface area contributed by atoms with Gasteiger partial charge in [0.2, 0.25) is 0 Å². The summed E-state index contributed by atoms with van der Waals surface area (Å²) in [6, 6.07) is 7.26. The molecule has 2 aliphatic rings. The lowest BCUT2D eigenvalue weighted by Gasteiger charge is -2.41. The van der Waals surface area contributed by atoms with Crippen molar-refractivity contribution >= 4 is 11.7 Å². The van der Waals surface area contributed by atoms with Gasteiger partial charge in [0.05, 0.1) is 0 Å². The molecule has 2 aliphatic carbocycles. The fraction of sp³-hybridized carbons (Fsp3) is 0.667. The van der Waals surface area contributed by atoms with Gasteiger partial charge in [-0.3, -0.25) is 0 Å². The van der Waals surface area contributed by atoms with Crippen LogP contribution in [0.2, 0.25) is 0 Å². The number of anilines is 1. The van der Waals surface area contributed by atoms with Crippen molar-refractivity contribution in [2.24, 2.45) is 0 Å². The molecule has 0 atom stereocenters. The smallest absolute Gasteiger partial charge is 0.319 e. The van der Waals surface area contributed by atoms with Crippen molar-refractivity contribution < 1.29 is 4.79 Å². The van der Waals surface area contributed by atoms with Crippen molar-refractivity contribution in [1.82, 2.24) is 4.90 Å². The van der Waals surface area contributed by atoms with Gasteiger partial charge in [0.15, 0.2) is 0 Å². The third-order valence-corrected chi connectivity index (χ3v) is 5.79. The Morgan fingerprint density at radius 2 is 1.46 bits per heavy atom. The van der Waals surface area contributed by atoms with E-state index in [2.05, 4.69) is 36.2 Å². The molecule has 0 heterocycles. The summed E-state index contributed by atoms with van der Waals surface area (Å²) in [5, 5.41) is 3.22. The molecule has 0 bridgehead atoms. The number of rotatable bonds is 3. The standard InChI is InChI=1S/C21H32N2O/c1-16-13-14-20(17(2)15-16)22-21(24)23(18-9-5-3-6-10-18)19-11-7-4-8-12-19/h13-15,18-19H,3-12H2,1-2H3,(H,22,24).